The second-order valence-electron chi connectivity index (χ2n) is 4.57. The molecule has 0 saturated carbocycles. The molecule has 1 atom stereocenters. The molecule has 1 heterocycles. The Balaban J connectivity index is 2.56. The molecule has 20 heavy (non-hydrogen) atoms. The van der Waals surface area contributed by atoms with E-state index in [1.165, 1.54) is 4.31 Å². The molecule has 0 aliphatic carbocycles. The SMILES string of the molecule is CCOC(=O)CS(=O)(=O)N1CCN(C(C)C(N)=S)CC1. The van der Waals surface area contributed by atoms with Crippen molar-refractivity contribution in [1.29, 1.82) is 0 Å². The molecule has 7 nitrogen and oxygen atoms in total. The first kappa shape index (κ1) is 17.3. The largest absolute Gasteiger partial charge is 0.465 e. The fraction of sp³-hybridized carbons (Fsp3) is 0.818. The van der Waals surface area contributed by atoms with E-state index in [0.717, 1.165) is 0 Å². The zero-order valence-electron chi connectivity index (χ0n) is 11.7. The predicted octanol–water partition coefficient (Wildman–Crippen LogP) is -0.828. The van der Waals surface area contributed by atoms with E-state index in [-0.39, 0.29) is 12.6 Å². The lowest BCUT2D eigenvalue weighted by atomic mass is 10.2. The molecule has 0 aromatic heterocycles. The van der Waals surface area contributed by atoms with E-state index in [1.54, 1.807) is 6.92 Å². The maximum Gasteiger partial charge on any atom is 0.322 e. The monoisotopic (exact) mass is 323 g/mol. The van der Waals surface area contributed by atoms with Gasteiger partial charge in [0.25, 0.3) is 0 Å². The normalized spacial score (nSPS) is 19.5. The molecule has 116 valence electrons. The summed E-state index contributed by atoms with van der Waals surface area (Å²) in [6.45, 7) is 5.45. The number of esters is 1. The van der Waals surface area contributed by atoms with Crippen LogP contribution < -0.4 is 5.73 Å². The summed E-state index contributed by atoms with van der Waals surface area (Å²) in [5, 5.41) is 0. The van der Waals surface area contributed by atoms with Crippen LogP contribution in [-0.2, 0) is 19.6 Å². The molecule has 9 heteroatoms. The second-order valence-corrected chi connectivity index (χ2v) is 7.01. The predicted molar refractivity (Wildman–Crippen MR) is 79.8 cm³/mol. The fourth-order valence-electron chi connectivity index (χ4n) is 1.99. The van der Waals surface area contributed by atoms with Crippen LogP contribution in [0.15, 0.2) is 0 Å². The molecule has 1 unspecified atom stereocenters. The van der Waals surface area contributed by atoms with Crippen molar-refractivity contribution in [1.82, 2.24) is 9.21 Å². The maximum absolute atomic E-state index is 12.0. The van der Waals surface area contributed by atoms with E-state index in [2.05, 4.69) is 4.74 Å². The van der Waals surface area contributed by atoms with Crippen LogP contribution in [-0.4, -0.2) is 73.2 Å². The molecule has 0 radical (unpaired) electrons. The number of nitrogens with two attached hydrogens (primary N) is 1. The van der Waals surface area contributed by atoms with Crippen LogP contribution in [0.4, 0.5) is 0 Å². The van der Waals surface area contributed by atoms with Crippen molar-refractivity contribution in [3.63, 3.8) is 0 Å². The quantitative estimate of drug-likeness (QED) is 0.504. The number of hydrogen-bond acceptors (Lipinski definition) is 6. The van der Waals surface area contributed by atoms with Gasteiger partial charge in [-0.3, -0.25) is 9.69 Å². The van der Waals surface area contributed by atoms with Gasteiger partial charge in [-0.05, 0) is 13.8 Å². The first-order chi connectivity index (χ1) is 9.27. The summed E-state index contributed by atoms with van der Waals surface area (Å²) in [7, 11) is -3.61. The van der Waals surface area contributed by atoms with Crippen LogP contribution >= 0.6 is 12.2 Å². The van der Waals surface area contributed by atoms with Gasteiger partial charge >= 0.3 is 5.97 Å². The van der Waals surface area contributed by atoms with E-state index in [0.29, 0.717) is 31.2 Å². The lowest BCUT2D eigenvalue weighted by molar-refractivity contribution is -0.140. The van der Waals surface area contributed by atoms with Crippen molar-refractivity contribution in [3.05, 3.63) is 0 Å². The van der Waals surface area contributed by atoms with Crippen LogP contribution in [0, 0.1) is 0 Å². The minimum atomic E-state index is -3.61. The van der Waals surface area contributed by atoms with Crippen molar-refractivity contribution in [2.45, 2.75) is 19.9 Å². The topological polar surface area (TPSA) is 92.9 Å². The molecule has 1 aliphatic heterocycles. The van der Waals surface area contributed by atoms with Gasteiger partial charge in [-0.2, -0.15) is 4.31 Å². The van der Waals surface area contributed by atoms with Gasteiger partial charge in [-0.25, -0.2) is 8.42 Å². The first-order valence-electron chi connectivity index (χ1n) is 6.44. The molecule has 1 fully saturated rings. The van der Waals surface area contributed by atoms with E-state index in [4.69, 9.17) is 18.0 Å². The fourth-order valence-corrected chi connectivity index (χ4v) is 3.42. The third-order valence-electron chi connectivity index (χ3n) is 3.23. The highest BCUT2D eigenvalue weighted by molar-refractivity contribution is 7.89. The Morgan fingerprint density at radius 3 is 2.35 bits per heavy atom. The van der Waals surface area contributed by atoms with Crippen LogP contribution in [0.3, 0.4) is 0 Å². The van der Waals surface area contributed by atoms with Crippen molar-refractivity contribution in [2.75, 3.05) is 38.5 Å². The molecule has 0 bridgehead atoms. The standard InChI is InChI=1S/C11H21N3O4S2/c1-3-18-10(15)8-20(16,17)14-6-4-13(5-7-14)9(2)11(12)19/h9H,3-8H2,1-2H3,(H2,12,19). The number of hydrogen-bond donors (Lipinski definition) is 1. The Labute approximate surface area is 125 Å². The highest BCUT2D eigenvalue weighted by Gasteiger charge is 2.31. The van der Waals surface area contributed by atoms with Crippen LogP contribution in [0.5, 0.6) is 0 Å². The Morgan fingerprint density at radius 2 is 1.90 bits per heavy atom. The molecule has 1 saturated heterocycles. The van der Waals surface area contributed by atoms with E-state index >= 15 is 0 Å². The third kappa shape index (κ3) is 4.65. The summed E-state index contributed by atoms with van der Waals surface area (Å²) >= 11 is 4.93. The summed E-state index contributed by atoms with van der Waals surface area (Å²) in [5.74, 6) is -1.32. The number of piperazine rings is 1. The average Bonchev–Trinajstić information content (AvgIpc) is 2.37. The van der Waals surface area contributed by atoms with Crippen molar-refractivity contribution in [2.24, 2.45) is 5.73 Å². The van der Waals surface area contributed by atoms with Gasteiger partial charge in [0.2, 0.25) is 10.0 Å². The van der Waals surface area contributed by atoms with Gasteiger partial charge in [0, 0.05) is 26.2 Å². The van der Waals surface area contributed by atoms with Gasteiger partial charge in [0.15, 0.2) is 5.75 Å². The Hall–Kier alpha value is -0.770. The third-order valence-corrected chi connectivity index (χ3v) is 5.33. The number of carbonyl (C=O) groups is 1. The zero-order valence-corrected chi connectivity index (χ0v) is 13.4. The number of thiocarbonyl (C=S) groups is 1. The summed E-state index contributed by atoms with van der Waals surface area (Å²) in [6.07, 6.45) is 0. The number of ether oxygens (including phenoxy) is 1. The molecule has 2 N–H and O–H groups in total. The molecular formula is C11H21N3O4S2. The summed E-state index contributed by atoms with van der Waals surface area (Å²) in [5.41, 5.74) is 5.58. The van der Waals surface area contributed by atoms with Crippen LogP contribution in [0.2, 0.25) is 0 Å². The number of nitrogens with zero attached hydrogens (tertiary/aromatic N) is 2. The van der Waals surface area contributed by atoms with Crippen LogP contribution in [0.1, 0.15) is 13.8 Å². The highest BCUT2D eigenvalue weighted by atomic mass is 32.2. The van der Waals surface area contributed by atoms with Gasteiger partial charge in [-0.15, -0.1) is 0 Å². The van der Waals surface area contributed by atoms with Gasteiger partial charge in [0.05, 0.1) is 17.6 Å². The van der Waals surface area contributed by atoms with Crippen molar-refractivity contribution in [3.8, 4) is 0 Å². The van der Waals surface area contributed by atoms with Crippen molar-refractivity contribution >= 4 is 33.2 Å². The first-order valence-corrected chi connectivity index (χ1v) is 8.46. The van der Waals surface area contributed by atoms with Gasteiger partial charge < -0.3 is 10.5 Å². The number of sulfonamides is 1. The average molecular weight is 323 g/mol. The Bertz CT molecular complexity index is 458. The lowest BCUT2D eigenvalue weighted by Crippen LogP contribution is -2.54. The zero-order chi connectivity index (χ0) is 15.3. The van der Waals surface area contributed by atoms with Gasteiger partial charge in [-0.1, -0.05) is 12.2 Å². The minimum absolute atomic E-state index is 0.0556. The summed E-state index contributed by atoms with van der Waals surface area (Å²) < 4.78 is 30.1. The van der Waals surface area contributed by atoms with Crippen LogP contribution in [0.25, 0.3) is 0 Å². The maximum atomic E-state index is 12.0. The summed E-state index contributed by atoms with van der Waals surface area (Å²) in [6, 6.07) is -0.0556. The van der Waals surface area contributed by atoms with E-state index < -0.39 is 21.7 Å². The Morgan fingerprint density at radius 1 is 1.35 bits per heavy atom. The van der Waals surface area contributed by atoms with Gasteiger partial charge in [0.1, 0.15) is 0 Å². The second kappa shape index (κ2) is 7.30. The molecular weight excluding hydrogens is 302 g/mol. The highest BCUT2D eigenvalue weighted by Crippen LogP contribution is 2.11. The number of rotatable bonds is 6. The molecule has 0 aromatic carbocycles. The minimum Gasteiger partial charge on any atom is -0.465 e. The Kier molecular flexibility index (Phi) is 6.31. The molecule has 1 rings (SSSR count). The molecule has 0 amide bonds. The smallest absolute Gasteiger partial charge is 0.322 e. The summed E-state index contributed by atoms with van der Waals surface area (Å²) in [4.78, 5) is 13.7. The molecule has 1 aliphatic rings. The molecule has 0 aromatic rings. The number of carbonyl (C=O) groups excluding carboxylic acids is 1. The van der Waals surface area contributed by atoms with Crippen molar-refractivity contribution < 1.29 is 17.9 Å². The van der Waals surface area contributed by atoms with E-state index in [1.807, 2.05) is 11.8 Å². The van der Waals surface area contributed by atoms with E-state index in [9.17, 15) is 13.2 Å². The lowest BCUT2D eigenvalue weighted by Gasteiger charge is -2.36. The molecule has 0 spiro atoms.